The Kier molecular flexibility index (Phi) is 4.74. The van der Waals surface area contributed by atoms with Crippen LogP contribution >= 0.6 is 0 Å². The van der Waals surface area contributed by atoms with Gasteiger partial charge in [-0.2, -0.15) is 0 Å². The molecule has 1 amide bonds. The molecule has 1 heterocycles. The van der Waals surface area contributed by atoms with E-state index in [0.717, 1.165) is 5.56 Å². The first-order valence-corrected chi connectivity index (χ1v) is 6.74. The number of rotatable bonds is 4. The van der Waals surface area contributed by atoms with Crippen molar-refractivity contribution in [2.75, 3.05) is 26.3 Å². The summed E-state index contributed by atoms with van der Waals surface area (Å²) < 4.78 is 10.7. The van der Waals surface area contributed by atoms with Crippen LogP contribution in [-0.4, -0.2) is 48.1 Å². The van der Waals surface area contributed by atoms with Crippen molar-refractivity contribution >= 4 is 11.6 Å². The van der Waals surface area contributed by atoms with E-state index < -0.39 is 4.92 Å². The van der Waals surface area contributed by atoms with Gasteiger partial charge >= 0.3 is 5.69 Å². The van der Waals surface area contributed by atoms with Crippen LogP contribution < -0.4 is 4.74 Å². The lowest BCUT2D eigenvalue weighted by molar-refractivity contribution is -0.385. The number of carbonyl (C=O) groups is 1. The number of ether oxygens (including phenoxy) is 2. The SMILES string of the molecule is Cc1ccc(OCC(=O)N2CCO[C@@H](C)C2)c([N+](=O)[O-])c1. The molecule has 1 atom stereocenters. The molecule has 7 heteroatoms. The van der Waals surface area contributed by atoms with Gasteiger partial charge in [-0.3, -0.25) is 14.9 Å². The van der Waals surface area contributed by atoms with Crippen LogP contribution in [0, 0.1) is 17.0 Å². The highest BCUT2D eigenvalue weighted by atomic mass is 16.6. The smallest absolute Gasteiger partial charge is 0.311 e. The topological polar surface area (TPSA) is 81.9 Å². The number of amides is 1. The van der Waals surface area contributed by atoms with E-state index in [9.17, 15) is 14.9 Å². The Morgan fingerprint density at radius 1 is 1.57 bits per heavy atom. The van der Waals surface area contributed by atoms with Crippen molar-refractivity contribution in [3.63, 3.8) is 0 Å². The number of nitro benzene ring substituents is 1. The van der Waals surface area contributed by atoms with Crippen LogP contribution in [0.4, 0.5) is 5.69 Å². The van der Waals surface area contributed by atoms with Gasteiger partial charge in [-0.05, 0) is 25.5 Å². The van der Waals surface area contributed by atoms with E-state index in [0.29, 0.717) is 19.7 Å². The van der Waals surface area contributed by atoms with Crippen molar-refractivity contribution < 1.29 is 19.2 Å². The van der Waals surface area contributed by atoms with E-state index >= 15 is 0 Å². The zero-order chi connectivity index (χ0) is 15.4. The zero-order valence-electron chi connectivity index (χ0n) is 12.1. The van der Waals surface area contributed by atoms with Gasteiger partial charge in [-0.1, -0.05) is 6.07 Å². The number of morpholine rings is 1. The summed E-state index contributed by atoms with van der Waals surface area (Å²) in [7, 11) is 0. The van der Waals surface area contributed by atoms with Crippen molar-refractivity contribution in [3.8, 4) is 5.75 Å². The van der Waals surface area contributed by atoms with Crippen LogP contribution in [0.3, 0.4) is 0 Å². The molecule has 7 nitrogen and oxygen atoms in total. The Morgan fingerprint density at radius 3 is 3.00 bits per heavy atom. The molecule has 0 bridgehead atoms. The van der Waals surface area contributed by atoms with Gasteiger partial charge in [0.05, 0.1) is 17.6 Å². The quantitative estimate of drug-likeness (QED) is 0.621. The molecule has 0 saturated carbocycles. The molecule has 1 aromatic rings. The molecule has 0 N–H and O–H groups in total. The molecule has 0 aliphatic carbocycles. The van der Waals surface area contributed by atoms with Crippen molar-refractivity contribution in [1.29, 1.82) is 0 Å². The summed E-state index contributed by atoms with van der Waals surface area (Å²) >= 11 is 0. The fraction of sp³-hybridized carbons (Fsp3) is 0.500. The maximum absolute atomic E-state index is 12.0. The summed E-state index contributed by atoms with van der Waals surface area (Å²) in [5, 5.41) is 11.0. The maximum atomic E-state index is 12.0. The third kappa shape index (κ3) is 3.91. The minimum Gasteiger partial charge on any atom is -0.477 e. The van der Waals surface area contributed by atoms with Gasteiger partial charge in [0.15, 0.2) is 12.4 Å². The van der Waals surface area contributed by atoms with Crippen LogP contribution in [0.5, 0.6) is 5.75 Å². The number of hydrogen-bond donors (Lipinski definition) is 0. The Hall–Kier alpha value is -2.15. The molecule has 1 saturated heterocycles. The average molecular weight is 294 g/mol. The van der Waals surface area contributed by atoms with E-state index in [1.54, 1.807) is 17.9 Å². The van der Waals surface area contributed by atoms with E-state index in [-0.39, 0.29) is 30.1 Å². The minimum atomic E-state index is -0.510. The second kappa shape index (κ2) is 6.53. The van der Waals surface area contributed by atoms with Crippen molar-refractivity contribution in [2.45, 2.75) is 20.0 Å². The van der Waals surface area contributed by atoms with Crippen LogP contribution in [0.15, 0.2) is 18.2 Å². The van der Waals surface area contributed by atoms with Gasteiger partial charge in [0.25, 0.3) is 5.91 Å². The Morgan fingerprint density at radius 2 is 2.33 bits per heavy atom. The highest BCUT2D eigenvalue weighted by Crippen LogP contribution is 2.27. The standard InChI is InChI=1S/C14H18N2O5/c1-10-3-4-13(12(7-10)16(18)19)21-9-14(17)15-5-6-20-11(2)8-15/h3-4,7,11H,5-6,8-9H2,1-2H3/t11-/m0/s1. The third-order valence-corrected chi connectivity index (χ3v) is 3.26. The first-order chi connectivity index (χ1) is 9.97. The van der Waals surface area contributed by atoms with Crippen LogP contribution in [0.2, 0.25) is 0 Å². The second-order valence-corrected chi connectivity index (χ2v) is 5.04. The summed E-state index contributed by atoms with van der Waals surface area (Å²) in [4.78, 5) is 24.2. The Labute approximate surface area is 122 Å². The first kappa shape index (κ1) is 15.2. The average Bonchev–Trinajstić information content (AvgIpc) is 2.45. The normalized spacial score (nSPS) is 18.4. The maximum Gasteiger partial charge on any atom is 0.311 e. The molecular weight excluding hydrogens is 276 g/mol. The molecule has 0 radical (unpaired) electrons. The predicted molar refractivity (Wildman–Crippen MR) is 75.3 cm³/mol. The largest absolute Gasteiger partial charge is 0.477 e. The van der Waals surface area contributed by atoms with Crippen LogP contribution in [-0.2, 0) is 9.53 Å². The summed E-state index contributed by atoms with van der Waals surface area (Å²) in [6.45, 7) is 4.97. The predicted octanol–water partition coefficient (Wildman–Crippen LogP) is 1.53. The number of nitro groups is 1. The molecule has 21 heavy (non-hydrogen) atoms. The lowest BCUT2D eigenvalue weighted by Crippen LogP contribution is -2.46. The van der Waals surface area contributed by atoms with Gasteiger partial charge in [0, 0.05) is 19.2 Å². The third-order valence-electron chi connectivity index (χ3n) is 3.26. The number of hydrogen-bond acceptors (Lipinski definition) is 5. The summed E-state index contributed by atoms with van der Waals surface area (Å²) in [6.07, 6.45) is -0.00332. The highest BCUT2D eigenvalue weighted by Gasteiger charge is 2.23. The van der Waals surface area contributed by atoms with E-state index in [2.05, 4.69) is 0 Å². The van der Waals surface area contributed by atoms with Gasteiger partial charge in [0.2, 0.25) is 0 Å². The fourth-order valence-electron chi connectivity index (χ4n) is 2.17. The van der Waals surface area contributed by atoms with Crippen molar-refractivity contribution in [3.05, 3.63) is 33.9 Å². The molecule has 2 rings (SSSR count). The molecular formula is C14H18N2O5. The van der Waals surface area contributed by atoms with Gasteiger partial charge in [-0.25, -0.2) is 0 Å². The highest BCUT2D eigenvalue weighted by molar-refractivity contribution is 5.78. The van der Waals surface area contributed by atoms with Gasteiger partial charge < -0.3 is 14.4 Å². The minimum absolute atomic E-state index is 0.00332. The number of nitrogens with zero attached hydrogens (tertiary/aromatic N) is 2. The summed E-state index contributed by atoms with van der Waals surface area (Å²) in [5.74, 6) is -0.0831. The molecule has 1 aliphatic heterocycles. The van der Waals surface area contributed by atoms with Crippen molar-refractivity contribution in [1.82, 2.24) is 4.90 Å². The van der Waals surface area contributed by atoms with Crippen LogP contribution in [0.25, 0.3) is 0 Å². The molecule has 1 aromatic carbocycles. The molecule has 1 aliphatic rings. The van der Waals surface area contributed by atoms with E-state index in [1.165, 1.54) is 12.1 Å². The summed E-state index contributed by atoms with van der Waals surface area (Å²) in [5.41, 5.74) is 0.639. The fourth-order valence-corrected chi connectivity index (χ4v) is 2.17. The molecule has 1 fully saturated rings. The number of aryl methyl sites for hydroxylation is 1. The number of carbonyl (C=O) groups excluding carboxylic acids is 1. The zero-order valence-corrected chi connectivity index (χ0v) is 12.1. The second-order valence-electron chi connectivity index (χ2n) is 5.04. The molecule has 0 unspecified atom stereocenters. The Bertz CT molecular complexity index is 546. The van der Waals surface area contributed by atoms with Crippen molar-refractivity contribution in [2.24, 2.45) is 0 Å². The van der Waals surface area contributed by atoms with Gasteiger partial charge in [-0.15, -0.1) is 0 Å². The summed E-state index contributed by atoms with van der Waals surface area (Å²) in [6, 6.07) is 4.66. The van der Waals surface area contributed by atoms with Gasteiger partial charge in [0.1, 0.15) is 0 Å². The molecule has 0 aromatic heterocycles. The monoisotopic (exact) mass is 294 g/mol. The molecule has 0 spiro atoms. The van der Waals surface area contributed by atoms with E-state index in [4.69, 9.17) is 9.47 Å². The number of benzene rings is 1. The lowest BCUT2D eigenvalue weighted by atomic mass is 10.2. The lowest BCUT2D eigenvalue weighted by Gasteiger charge is -2.31. The van der Waals surface area contributed by atoms with E-state index in [1.807, 2.05) is 6.92 Å². The first-order valence-electron chi connectivity index (χ1n) is 6.74. The molecule has 114 valence electrons. The Balaban J connectivity index is 1.99. The van der Waals surface area contributed by atoms with Crippen LogP contribution in [0.1, 0.15) is 12.5 Å².